The molecule has 2 aliphatic rings. The summed E-state index contributed by atoms with van der Waals surface area (Å²) in [6.07, 6.45) is -4.26. The quantitative estimate of drug-likeness (QED) is 0.371. The van der Waals surface area contributed by atoms with E-state index in [4.69, 9.17) is 20.9 Å². The van der Waals surface area contributed by atoms with Crippen molar-refractivity contribution in [1.82, 2.24) is 15.8 Å². The lowest BCUT2D eigenvalue weighted by Crippen LogP contribution is -2.55. The van der Waals surface area contributed by atoms with Crippen molar-refractivity contribution in [1.29, 1.82) is 0 Å². The smallest absolute Gasteiger partial charge is 0.410 e. The highest BCUT2D eigenvalue weighted by Crippen LogP contribution is 2.40. The molecule has 1 saturated heterocycles. The van der Waals surface area contributed by atoms with Crippen LogP contribution in [0.5, 0.6) is 5.75 Å². The van der Waals surface area contributed by atoms with Crippen LogP contribution in [0.4, 0.5) is 17.6 Å². The molecule has 39 heavy (non-hydrogen) atoms. The second-order valence-electron chi connectivity index (χ2n) is 9.30. The molecule has 4 rings (SSSR count). The number of hydrazine groups is 1. The molecule has 0 saturated carbocycles. The van der Waals surface area contributed by atoms with E-state index in [0.717, 1.165) is 11.1 Å². The largest absolute Gasteiger partial charge is 0.496 e. The number of hydrogen-bond donors (Lipinski definition) is 4. The number of methoxy groups -OCH3 is 1. The number of carbonyl (C=O) groups excluding carboxylic acids is 2. The van der Waals surface area contributed by atoms with Gasteiger partial charge in [0.25, 0.3) is 5.91 Å². The first-order valence-electron chi connectivity index (χ1n) is 12.2. The highest BCUT2D eigenvalue weighted by atomic mass is 19.4. The van der Waals surface area contributed by atoms with Crippen LogP contribution in [0.3, 0.4) is 0 Å². The molecular weight excluding hydrogens is 522 g/mol. The third-order valence-electron chi connectivity index (χ3n) is 6.86. The maximum atomic E-state index is 14.2. The van der Waals surface area contributed by atoms with E-state index in [1.54, 1.807) is 24.3 Å². The van der Waals surface area contributed by atoms with Crippen LogP contribution in [0, 0.1) is 11.7 Å². The summed E-state index contributed by atoms with van der Waals surface area (Å²) in [6.45, 7) is 0.471. The van der Waals surface area contributed by atoms with Gasteiger partial charge in [-0.15, -0.1) is 0 Å². The molecule has 210 valence electrons. The topological polar surface area (TPSA) is 132 Å². The van der Waals surface area contributed by atoms with Crippen LogP contribution >= 0.6 is 0 Å². The fraction of sp³-hybridized carbons (Fsp3) is 0.385. The van der Waals surface area contributed by atoms with Crippen LogP contribution in [0.15, 0.2) is 53.9 Å². The molecule has 2 amide bonds. The molecule has 2 atom stereocenters. The maximum Gasteiger partial charge on any atom is 0.410 e. The number of amides is 2. The second kappa shape index (κ2) is 11.5. The normalized spacial score (nSPS) is 19.2. The third kappa shape index (κ3) is 6.09. The van der Waals surface area contributed by atoms with Gasteiger partial charge in [-0.2, -0.15) is 13.2 Å². The van der Waals surface area contributed by atoms with Crippen LogP contribution in [0.1, 0.15) is 40.4 Å². The third-order valence-corrected chi connectivity index (χ3v) is 6.86. The molecule has 9 nitrogen and oxygen atoms in total. The molecule has 0 aromatic heterocycles. The van der Waals surface area contributed by atoms with Gasteiger partial charge >= 0.3 is 6.18 Å². The van der Waals surface area contributed by atoms with Gasteiger partial charge in [0.15, 0.2) is 0 Å². The van der Waals surface area contributed by atoms with E-state index in [1.165, 1.54) is 19.2 Å². The summed E-state index contributed by atoms with van der Waals surface area (Å²) in [5.74, 6) is -3.04. The van der Waals surface area contributed by atoms with Crippen molar-refractivity contribution in [3.05, 3.63) is 76.4 Å². The molecule has 13 heteroatoms. The van der Waals surface area contributed by atoms with Crippen molar-refractivity contribution in [2.75, 3.05) is 20.3 Å². The summed E-state index contributed by atoms with van der Waals surface area (Å²) >= 11 is 0. The average molecular weight is 552 g/mol. The Morgan fingerprint density at radius 2 is 1.85 bits per heavy atom. The number of primary amides is 1. The highest BCUT2D eigenvalue weighted by Gasteiger charge is 2.52. The second-order valence-corrected chi connectivity index (χ2v) is 9.30. The zero-order valence-electron chi connectivity index (χ0n) is 21.1. The Kier molecular flexibility index (Phi) is 8.31. The van der Waals surface area contributed by atoms with Crippen LogP contribution in [-0.4, -0.2) is 49.4 Å². The fourth-order valence-electron chi connectivity index (χ4n) is 4.91. The lowest BCUT2D eigenvalue weighted by atomic mass is 9.91. The van der Waals surface area contributed by atoms with Crippen molar-refractivity contribution in [3.63, 3.8) is 0 Å². The molecule has 1 fully saturated rings. The van der Waals surface area contributed by atoms with Crippen molar-refractivity contribution in [2.24, 2.45) is 17.4 Å². The van der Waals surface area contributed by atoms with Crippen LogP contribution in [0.25, 0.3) is 0 Å². The van der Waals surface area contributed by atoms with E-state index in [9.17, 15) is 27.2 Å². The Bertz CT molecular complexity index is 1250. The Morgan fingerprint density at radius 3 is 2.44 bits per heavy atom. The number of rotatable bonds is 8. The van der Waals surface area contributed by atoms with Crippen molar-refractivity contribution in [3.8, 4) is 5.75 Å². The van der Waals surface area contributed by atoms with Gasteiger partial charge in [0.1, 0.15) is 23.4 Å². The van der Waals surface area contributed by atoms with Crippen molar-refractivity contribution >= 4 is 11.8 Å². The summed E-state index contributed by atoms with van der Waals surface area (Å²) in [5, 5.41) is 3.47. The highest BCUT2D eigenvalue weighted by molar-refractivity contribution is 5.97. The number of nitrogens with one attached hydrogen (secondary N) is 2. The summed E-state index contributed by atoms with van der Waals surface area (Å²) in [5.41, 5.74) is 15.3. The number of nitrogens with zero attached hydrogens (tertiary/aromatic N) is 1. The zero-order chi connectivity index (χ0) is 28.3. The van der Waals surface area contributed by atoms with Gasteiger partial charge in [-0.25, -0.2) is 9.82 Å². The van der Waals surface area contributed by atoms with Crippen molar-refractivity contribution in [2.45, 2.75) is 37.6 Å². The predicted octanol–water partition coefficient (Wildman–Crippen LogP) is 2.64. The van der Waals surface area contributed by atoms with Gasteiger partial charge < -0.3 is 26.3 Å². The predicted molar refractivity (Wildman–Crippen MR) is 132 cm³/mol. The lowest BCUT2D eigenvalue weighted by molar-refractivity contribution is -0.205. The number of alkyl halides is 3. The molecule has 2 heterocycles. The van der Waals surface area contributed by atoms with E-state index in [2.05, 4.69) is 10.7 Å². The maximum absolute atomic E-state index is 14.2. The zero-order valence-corrected chi connectivity index (χ0v) is 21.1. The van der Waals surface area contributed by atoms with Crippen LogP contribution in [-0.2, 0) is 16.1 Å². The molecule has 2 aromatic carbocycles. The van der Waals surface area contributed by atoms with E-state index in [0.29, 0.717) is 11.1 Å². The number of benzene rings is 2. The molecule has 6 N–H and O–H groups in total. The minimum atomic E-state index is -4.64. The van der Waals surface area contributed by atoms with E-state index < -0.39 is 41.8 Å². The molecule has 2 unspecified atom stereocenters. The Labute approximate surface area is 222 Å². The summed E-state index contributed by atoms with van der Waals surface area (Å²) in [4.78, 5) is 24.8. The Morgan fingerprint density at radius 1 is 1.18 bits per heavy atom. The lowest BCUT2D eigenvalue weighted by Gasteiger charge is -2.39. The number of carbonyl (C=O) groups is 2. The summed E-state index contributed by atoms with van der Waals surface area (Å²) in [6, 6.07) is 7.06. The summed E-state index contributed by atoms with van der Waals surface area (Å²) < 4.78 is 66.5. The minimum absolute atomic E-state index is 0.0276. The first-order chi connectivity index (χ1) is 18.5. The van der Waals surface area contributed by atoms with E-state index in [-0.39, 0.29) is 55.3 Å². The number of halogens is 4. The van der Waals surface area contributed by atoms with Crippen LogP contribution < -0.4 is 26.9 Å². The van der Waals surface area contributed by atoms with Gasteiger partial charge in [-0.3, -0.25) is 14.6 Å². The molecular formula is C26H29F4N5O4. The fourth-order valence-corrected chi connectivity index (χ4v) is 4.91. The van der Waals surface area contributed by atoms with E-state index in [1.807, 2.05) is 0 Å². The number of hydrogen-bond acceptors (Lipinski definition) is 7. The first kappa shape index (κ1) is 28.2. The average Bonchev–Trinajstić information content (AvgIpc) is 3.24. The Hall–Kier alpha value is -3.84. The standard InChI is InChI=1S/C26H29F4N5O4/c1-38-19-7-6-17(27)12-18(19)25(37)33-13-14-2-4-15(5-3-14)21-20(24(32)36)23(31)35(34-21)22(26(28,29)30)16-8-10-39-11-9-16/h2-7,12,16,21-22,34H,8-11,13,31H2,1H3,(H2,32,36)(H,33,37). The minimum Gasteiger partial charge on any atom is -0.496 e. The van der Waals surface area contributed by atoms with Gasteiger partial charge in [0.2, 0.25) is 5.91 Å². The molecule has 0 radical (unpaired) electrons. The number of ether oxygens (including phenoxy) is 2. The SMILES string of the molecule is COc1ccc(F)cc1C(=O)NCc1ccc(C2NN(C(C3CCOCC3)C(F)(F)F)C(N)=C2C(N)=O)cc1. The monoisotopic (exact) mass is 551 g/mol. The summed E-state index contributed by atoms with van der Waals surface area (Å²) in [7, 11) is 1.36. The van der Waals surface area contributed by atoms with Crippen LogP contribution in [0.2, 0.25) is 0 Å². The molecule has 0 spiro atoms. The Balaban J connectivity index is 1.51. The van der Waals surface area contributed by atoms with Gasteiger partial charge in [-0.05, 0) is 48.1 Å². The number of nitrogens with two attached hydrogens (primary N) is 2. The van der Waals surface area contributed by atoms with Gasteiger partial charge in [0, 0.05) is 19.8 Å². The van der Waals surface area contributed by atoms with Gasteiger partial charge in [-0.1, -0.05) is 24.3 Å². The van der Waals surface area contributed by atoms with Gasteiger partial charge in [0.05, 0.1) is 24.3 Å². The first-order valence-corrected chi connectivity index (χ1v) is 12.2. The molecule has 2 aromatic rings. The van der Waals surface area contributed by atoms with Crippen molar-refractivity contribution < 1.29 is 36.6 Å². The molecule has 0 aliphatic carbocycles. The molecule has 2 aliphatic heterocycles. The van der Waals surface area contributed by atoms with E-state index >= 15 is 0 Å². The molecule has 0 bridgehead atoms.